The zero-order valence-corrected chi connectivity index (χ0v) is 23.4. The molecule has 2 saturated heterocycles. The first-order valence-electron chi connectivity index (χ1n) is 13.4. The summed E-state index contributed by atoms with van der Waals surface area (Å²) >= 11 is 1.38. The summed E-state index contributed by atoms with van der Waals surface area (Å²) in [5.41, 5.74) is 3.02. The molecular weight excluding hydrogens is 512 g/mol. The Morgan fingerprint density at radius 1 is 1.00 bits per heavy atom. The molecule has 1 aromatic heterocycles. The second kappa shape index (κ2) is 9.61. The Morgan fingerprint density at radius 2 is 1.67 bits per heavy atom. The number of para-hydroxylation sites is 1. The van der Waals surface area contributed by atoms with Gasteiger partial charge in [-0.2, -0.15) is 0 Å². The Morgan fingerprint density at radius 3 is 2.31 bits per heavy atom. The number of carbonyl (C=O) groups excluding carboxylic acids is 3. The average molecular weight is 545 g/mol. The molecule has 7 nitrogen and oxygen atoms in total. The van der Waals surface area contributed by atoms with E-state index >= 15 is 0 Å². The van der Waals surface area contributed by atoms with E-state index in [0.717, 1.165) is 34.5 Å². The summed E-state index contributed by atoms with van der Waals surface area (Å²) in [6.07, 6.45) is 1.47. The number of thiophene rings is 1. The zero-order valence-electron chi connectivity index (χ0n) is 22.5. The molecule has 3 heterocycles. The standard InChI is InChI=1S/C31H32N2O5S/c1-31(2,3)19-15-16-21-22(17-19)39-29(23(21)30(36)37-4)32-27(34)24-25(18-11-7-5-8-12-18)33(38-26(24)28(32)35)20-13-9-6-10-14-20/h5-14,19,24-26H,15-17H2,1-4H3/t19-,24+,25+,26+/m0/s1. The molecular formula is C31H32N2O5S. The summed E-state index contributed by atoms with van der Waals surface area (Å²) in [6, 6.07) is 18.7. The van der Waals surface area contributed by atoms with Gasteiger partial charge in [0, 0.05) is 4.88 Å². The number of imide groups is 1. The van der Waals surface area contributed by atoms with E-state index in [4.69, 9.17) is 9.57 Å². The van der Waals surface area contributed by atoms with E-state index < -0.39 is 29.9 Å². The predicted octanol–water partition coefficient (Wildman–Crippen LogP) is 5.74. The van der Waals surface area contributed by atoms with Gasteiger partial charge in [0.1, 0.15) is 10.9 Å². The van der Waals surface area contributed by atoms with Crippen molar-refractivity contribution in [2.45, 2.75) is 52.2 Å². The number of methoxy groups -OCH3 is 1. The molecule has 202 valence electrons. The van der Waals surface area contributed by atoms with Gasteiger partial charge in [-0.15, -0.1) is 11.3 Å². The number of hydrogen-bond donors (Lipinski definition) is 0. The second-order valence-electron chi connectivity index (χ2n) is 11.6. The number of hydrogen-bond acceptors (Lipinski definition) is 7. The van der Waals surface area contributed by atoms with Gasteiger partial charge < -0.3 is 4.74 Å². The molecule has 0 spiro atoms. The lowest BCUT2D eigenvalue weighted by molar-refractivity contribution is -0.126. The highest BCUT2D eigenvalue weighted by Gasteiger charge is 2.61. The molecule has 39 heavy (non-hydrogen) atoms. The highest BCUT2D eigenvalue weighted by atomic mass is 32.1. The van der Waals surface area contributed by atoms with Crippen LogP contribution in [0.1, 0.15) is 59.6 Å². The molecule has 0 radical (unpaired) electrons. The molecule has 2 aromatic carbocycles. The van der Waals surface area contributed by atoms with E-state index in [1.54, 1.807) is 5.06 Å². The summed E-state index contributed by atoms with van der Waals surface area (Å²) in [6.45, 7) is 6.69. The number of amides is 2. The van der Waals surface area contributed by atoms with Gasteiger partial charge in [0.05, 0.1) is 24.4 Å². The number of fused-ring (bicyclic) bond motifs is 2. The van der Waals surface area contributed by atoms with Gasteiger partial charge >= 0.3 is 5.97 Å². The molecule has 2 amide bonds. The van der Waals surface area contributed by atoms with Gasteiger partial charge in [-0.3, -0.25) is 14.4 Å². The third-order valence-corrected chi connectivity index (χ3v) is 9.57. The smallest absolute Gasteiger partial charge is 0.341 e. The highest BCUT2D eigenvalue weighted by molar-refractivity contribution is 7.17. The van der Waals surface area contributed by atoms with Crippen LogP contribution < -0.4 is 9.96 Å². The molecule has 8 heteroatoms. The van der Waals surface area contributed by atoms with E-state index in [0.29, 0.717) is 22.9 Å². The van der Waals surface area contributed by atoms with Crippen molar-refractivity contribution < 1.29 is 24.0 Å². The largest absolute Gasteiger partial charge is 0.465 e. The lowest BCUT2D eigenvalue weighted by Gasteiger charge is -2.33. The third-order valence-electron chi connectivity index (χ3n) is 8.33. The Kier molecular flexibility index (Phi) is 6.35. The fourth-order valence-corrected chi connectivity index (χ4v) is 7.61. The maximum absolute atomic E-state index is 14.2. The highest BCUT2D eigenvalue weighted by Crippen LogP contribution is 2.51. The van der Waals surface area contributed by atoms with Crippen LogP contribution in [-0.4, -0.2) is 31.0 Å². The fourth-order valence-electron chi connectivity index (χ4n) is 6.18. The van der Waals surface area contributed by atoms with Crippen LogP contribution in [0.25, 0.3) is 0 Å². The number of anilines is 2. The predicted molar refractivity (Wildman–Crippen MR) is 150 cm³/mol. The maximum atomic E-state index is 14.2. The first-order chi connectivity index (χ1) is 18.7. The minimum Gasteiger partial charge on any atom is -0.465 e. The van der Waals surface area contributed by atoms with Crippen molar-refractivity contribution in [2.75, 3.05) is 17.1 Å². The van der Waals surface area contributed by atoms with Crippen molar-refractivity contribution in [1.82, 2.24) is 0 Å². The zero-order chi connectivity index (χ0) is 27.5. The number of hydroxylamine groups is 1. The number of esters is 1. The molecule has 1 aliphatic carbocycles. The van der Waals surface area contributed by atoms with E-state index in [-0.39, 0.29) is 11.3 Å². The minimum absolute atomic E-state index is 0.112. The average Bonchev–Trinajstić information content (AvgIpc) is 3.58. The topological polar surface area (TPSA) is 76.2 Å². The quantitative estimate of drug-likeness (QED) is 0.308. The van der Waals surface area contributed by atoms with E-state index in [1.165, 1.54) is 23.3 Å². The molecule has 6 rings (SSSR count). The summed E-state index contributed by atoms with van der Waals surface area (Å²) in [7, 11) is 1.34. The van der Waals surface area contributed by atoms with Crippen LogP contribution in [0.4, 0.5) is 10.7 Å². The number of ether oxygens (including phenoxy) is 1. The van der Waals surface area contributed by atoms with Gasteiger partial charge in [0.25, 0.3) is 5.91 Å². The van der Waals surface area contributed by atoms with Crippen LogP contribution in [0, 0.1) is 17.3 Å². The lowest BCUT2D eigenvalue weighted by Crippen LogP contribution is -2.37. The first kappa shape index (κ1) is 25.8. The monoisotopic (exact) mass is 544 g/mol. The summed E-state index contributed by atoms with van der Waals surface area (Å²) in [4.78, 5) is 49.8. The molecule has 3 aliphatic rings. The fraction of sp³-hybridized carbons (Fsp3) is 0.387. The van der Waals surface area contributed by atoms with Gasteiger partial charge in [-0.25, -0.2) is 14.8 Å². The van der Waals surface area contributed by atoms with Crippen LogP contribution in [0.3, 0.4) is 0 Å². The van der Waals surface area contributed by atoms with Crippen molar-refractivity contribution in [3.05, 3.63) is 82.2 Å². The number of nitrogens with zero attached hydrogens (tertiary/aromatic N) is 2. The minimum atomic E-state index is -0.991. The lowest BCUT2D eigenvalue weighted by atomic mass is 9.72. The SMILES string of the molecule is COC(=O)c1c(N2C(=O)[C@@H]3[C@@H](c4ccccc4)N(c4ccccc4)O[C@H]3C2=O)sc2c1CC[C@H](C(C)(C)C)C2. The number of rotatable bonds is 4. The third kappa shape index (κ3) is 4.17. The molecule has 0 N–H and O–H groups in total. The molecule has 0 unspecified atom stereocenters. The van der Waals surface area contributed by atoms with E-state index in [9.17, 15) is 14.4 Å². The van der Waals surface area contributed by atoms with Crippen molar-refractivity contribution in [3.63, 3.8) is 0 Å². The van der Waals surface area contributed by atoms with Gasteiger partial charge in [0.2, 0.25) is 5.91 Å². The molecule has 2 aliphatic heterocycles. The Bertz CT molecular complexity index is 1430. The summed E-state index contributed by atoms with van der Waals surface area (Å²) < 4.78 is 5.16. The second-order valence-corrected chi connectivity index (χ2v) is 12.6. The van der Waals surface area contributed by atoms with Gasteiger partial charge in [-0.05, 0) is 53.9 Å². The van der Waals surface area contributed by atoms with E-state index in [1.807, 2.05) is 60.7 Å². The van der Waals surface area contributed by atoms with Crippen LogP contribution in [0.5, 0.6) is 0 Å². The first-order valence-corrected chi connectivity index (χ1v) is 14.2. The van der Waals surface area contributed by atoms with Crippen LogP contribution in [0.2, 0.25) is 0 Å². The van der Waals surface area contributed by atoms with Crippen molar-refractivity contribution in [2.24, 2.45) is 17.3 Å². The molecule has 0 bridgehead atoms. The molecule has 4 atom stereocenters. The number of carbonyl (C=O) groups is 3. The summed E-state index contributed by atoms with van der Waals surface area (Å²) in [5.74, 6) is -1.63. The maximum Gasteiger partial charge on any atom is 0.341 e. The Labute approximate surface area is 232 Å². The Balaban J connectivity index is 1.42. The van der Waals surface area contributed by atoms with E-state index in [2.05, 4.69) is 20.8 Å². The molecule has 0 saturated carbocycles. The van der Waals surface area contributed by atoms with Crippen LogP contribution >= 0.6 is 11.3 Å². The summed E-state index contributed by atoms with van der Waals surface area (Å²) in [5, 5.41) is 2.05. The van der Waals surface area contributed by atoms with Crippen LogP contribution in [-0.2, 0) is 32.0 Å². The Hall–Kier alpha value is -3.49. The van der Waals surface area contributed by atoms with Crippen molar-refractivity contribution in [3.8, 4) is 0 Å². The molecule has 2 fully saturated rings. The van der Waals surface area contributed by atoms with Crippen molar-refractivity contribution >= 4 is 39.8 Å². The van der Waals surface area contributed by atoms with Gasteiger partial charge in [-0.1, -0.05) is 69.3 Å². The molecule has 3 aromatic rings. The normalized spacial score (nSPS) is 24.6. The number of benzene rings is 2. The van der Waals surface area contributed by atoms with Crippen molar-refractivity contribution in [1.29, 1.82) is 0 Å². The van der Waals surface area contributed by atoms with Crippen LogP contribution in [0.15, 0.2) is 60.7 Å². The van der Waals surface area contributed by atoms with Gasteiger partial charge in [0.15, 0.2) is 6.10 Å².